The van der Waals surface area contributed by atoms with E-state index in [4.69, 9.17) is 11.6 Å². The third-order valence-corrected chi connectivity index (χ3v) is 3.38. The molecule has 20 heavy (non-hydrogen) atoms. The van der Waals surface area contributed by atoms with E-state index in [-0.39, 0.29) is 12.5 Å². The van der Waals surface area contributed by atoms with Crippen LogP contribution in [-0.2, 0) is 4.79 Å². The van der Waals surface area contributed by atoms with E-state index in [1.165, 1.54) is 0 Å². The van der Waals surface area contributed by atoms with Crippen LogP contribution in [0.1, 0.15) is 13.8 Å². The number of rotatable bonds is 5. The zero-order valence-corrected chi connectivity index (χ0v) is 12.4. The van der Waals surface area contributed by atoms with Gasteiger partial charge in [-0.15, -0.1) is 0 Å². The van der Waals surface area contributed by atoms with Gasteiger partial charge in [0.1, 0.15) is 11.0 Å². The van der Waals surface area contributed by atoms with Crippen molar-refractivity contribution in [2.75, 3.05) is 24.5 Å². The highest BCUT2D eigenvalue weighted by molar-refractivity contribution is 6.34. The van der Waals surface area contributed by atoms with Crippen LogP contribution in [0.5, 0.6) is 0 Å². The maximum atomic E-state index is 11.7. The Bertz CT molecular complexity index is 615. The van der Waals surface area contributed by atoms with Crippen LogP contribution in [0.2, 0.25) is 5.15 Å². The normalized spacial score (nSPS) is 10.6. The second kappa shape index (κ2) is 6.57. The van der Waals surface area contributed by atoms with Crippen LogP contribution < -0.4 is 10.2 Å². The van der Waals surface area contributed by atoms with Crippen LogP contribution >= 0.6 is 11.6 Å². The van der Waals surface area contributed by atoms with Crippen molar-refractivity contribution in [3.8, 4) is 0 Å². The van der Waals surface area contributed by atoms with Crippen molar-refractivity contribution < 1.29 is 4.79 Å². The lowest BCUT2D eigenvalue weighted by Gasteiger charge is -2.22. The van der Waals surface area contributed by atoms with Crippen LogP contribution in [0.3, 0.4) is 0 Å². The van der Waals surface area contributed by atoms with Gasteiger partial charge in [-0.1, -0.05) is 35.9 Å². The topological polar surface area (TPSA) is 45.2 Å². The molecule has 0 atom stereocenters. The molecule has 5 heteroatoms. The third-order valence-electron chi connectivity index (χ3n) is 3.09. The number of hydrogen-bond donors (Lipinski definition) is 1. The van der Waals surface area contributed by atoms with Gasteiger partial charge in [0, 0.05) is 18.5 Å². The van der Waals surface area contributed by atoms with E-state index in [2.05, 4.69) is 10.3 Å². The quantitative estimate of drug-likeness (QED) is 0.862. The molecule has 1 N–H and O–H groups in total. The maximum Gasteiger partial charge on any atom is 0.239 e. The molecule has 0 unspecified atom stereocenters. The van der Waals surface area contributed by atoms with Crippen molar-refractivity contribution in [3.63, 3.8) is 0 Å². The number of aromatic nitrogens is 1. The molecule has 0 fully saturated rings. The molecule has 0 saturated heterocycles. The number of carbonyl (C=O) groups excluding carboxylic acids is 1. The van der Waals surface area contributed by atoms with Gasteiger partial charge in [0.25, 0.3) is 0 Å². The van der Waals surface area contributed by atoms with Crippen molar-refractivity contribution in [2.24, 2.45) is 0 Å². The minimum atomic E-state index is -0.0135. The summed E-state index contributed by atoms with van der Waals surface area (Å²) in [4.78, 5) is 18.0. The largest absolute Gasteiger partial charge is 0.355 e. The van der Waals surface area contributed by atoms with E-state index in [9.17, 15) is 4.79 Å². The lowest BCUT2D eigenvalue weighted by atomic mass is 10.2. The number of benzene rings is 1. The van der Waals surface area contributed by atoms with Gasteiger partial charge in [0.2, 0.25) is 5.91 Å². The Kier molecular flexibility index (Phi) is 4.79. The molecule has 4 nitrogen and oxygen atoms in total. The van der Waals surface area contributed by atoms with Crippen molar-refractivity contribution in [3.05, 3.63) is 35.5 Å². The van der Waals surface area contributed by atoms with Gasteiger partial charge in [-0.3, -0.25) is 4.79 Å². The van der Waals surface area contributed by atoms with Gasteiger partial charge in [0.05, 0.1) is 6.54 Å². The first-order valence-corrected chi connectivity index (χ1v) is 7.10. The van der Waals surface area contributed by atoms with E-state index < -0.39 is 0 Å². The molecule has 0 aliphatic heterocycles. The van der Waals surface area contributed by atoms with Crippen LogP contribution in [0.15, 0.2) is 30.3 Å². The Morgan fingerprint density at radius 2 is 2.10 bits per heavy atom. The summed E-state index contributed by atoms with van der Waals surface area (Å²) in [6, 6.07) is 9.79. The Hall–Kier alpha value is -1.81. The van der Waals surface area contributed by atoms with Crippen LogP contribution in [0.4, 0.5) is 5.82 Å². The molecule has 1 amide bonds. The number of anilines is 1. The first-order chi connectivity index (χ1) is 9.65. The smallest absolute Gasteiger partial charge is 0.239 e. The number of nitrogens with zero attached hydrogens (tertiary/aromatic N) is 2. The van der Waals surface area contributed by atoms with Gasteiger partial charge in [-0.2, -0.15) is 0 Å². The van der Waals surface area contributed by atoms with Gasteiger partial charge in [-0.05, 0) is 25.3 Å². The minimum absolute atomic E-state index is 0.0135. The minimum Gasteiger partial charge on any atom is -0.355 e. The molecule has 0 saturated carbocycles. The fraction of sp³-hybridized carbons (Fsp3) is 0.333. The number of pyridine rings is 1. The molecule has 2 rings (SSSR count). The molecule has 1 aromatic heterocycles. The summed E-state index contributed by atoms with van der Waals surface area (Å²) in [5.74, 6) is 0.711. The predicted octanol–water partition coefficient (Wildman–Crippen LogP) is 2.85. The second-order valence-electron chi connectivity index (χ2n) is 4.46. The number of fused-ring (bicyclic) bond motifs is 1. The number of hydrogen-bond acceptors (Lipinski definition) is 3. The molecule has 1 heterocycles. The molecule has 1 aromatic carbocycles. The molecule has 0 radical (unpaired) electrons. The predicted molar refractivity (Wildman–Crippen MR) is 83.3 cm³/mol. The number of nitrogens with one attached hydrogen (secondary N) is 1. The van der Waals surface area contributed by atoms with E-state index >= 15 is 0 Å². The van der Waals surface area contributed by atoms with E-state index in [1.807, 2.05) is 49.1 Å². The average Bonchev–Trinajstić information content (AvgIpc) is 2.45. The highest BCUT2D eigenvalue weighted by Crippen LogP contribution is 2.26. The average molecular weight is 292 g/mol. The Balaban J connectivity index is 2.32. The number of amides is 1. The monoisotopic (exact) mass is 291 g/mol. The summed E-state index contributed by atoms with van der Waals surface area (Å²) in [6.45, 7) is 5.50. The Labute approximate surface area is 123 Å². The summed E-state index contributed by atoms with van der Waals surface area (Å²) >= 11 is 6.22. The summed E-state index contributed by atoms with van der Waals surface area (Å²) in [5, 5.41) is 5.20. The third kappa shape index (κ3) is 3.20. The summed E-state index contributed by atoms with van der Waals surface area (Å²) in [7, 11) is 0. The van der Waals surface area contributed by atoms with Gasteiger partial charge >= 0.3 is 0 Å². The fourth-order valence-corrected chi connectivity index (χ4v) is 2.34. The molecule has 2 aromatic rings. The lowest BCUT2D eigenvalue weighted by Crippen LogP contribution is -2.37. The van der Waals surface area contributed by atoms with Crippen molar-refractivity contribution in [2.45, 2.75) is 13.8 Å². The second-order valence-corrected chi connectivity index (χ2v) is 4.82. The maximum absolute atomic E-state index is 11.7. The first-order valence-electron chi connectivity index (χ1n) is 6.72. The molecular weight excluding hydrogens is 274 g/mol. The standard InChI is InChI=1S/C15H18ClN3O/c1-3-17-14(20)10-19(4-2)13-9-11-7-5-6-8-12(11)15(16)18-13/h5-9H,3-4,10H2,1-2H3,(H,17,20). The van der Waals surface area contributed by atoms with Gasteiger partial charge in [0.15, 0.2) is 0 Å². The van der Waals surface area contributed by atoms with Crippen LogP contribution in [0.25, 0.3) is 10.8 Å². The van der Waals surface area contributed by atoms with E-state index in [1.54, 1.807) is 0 Å². The molecule has 0 bridgehead atoms. The fourth-order valence-electron chi connectivity index (χ4n) is 2.09. The zero-order chi connectivity index (χ0) is 14.5. The van der Waals surface area contributed by atoms with E-state index in [0.717, 1.165) is 16.6 Å². The van der Waals surface area contributed by atoms with Gasteiger partial charge in [-0.25, -0.2) is 4.98 Å². The molecule has 0 aliphatic carbocycles. The van der Waals surface area contributed by atoms with Crippen LogP contribution in [-0.4, -0.2) is 30.5 Å². The highest BCUT2D eigenvalue weighted by Gasteiger charge is 2.12. The SMILES string of the molecule is CCNC(=O)CN(CC)c1cc2ccccc2c(Cl)n1. The zero-order valence-electron chi connectivity index (χ0n) is 11.7. The Morgan fingerprint density at radius 1 is 1.35 bits per heavy atom. The van der Waals surface area contributed by atoms with Crippen molar-refractivity contribution in [1.82, 2.24) is 10.3 Å². The summed E-state index contributed by atoms with van der Waals surface area (Å²) in [5.41, 5.74) is 0. The molecular formula is C15H18ClN3O. The number of carbonyl (C=O) groups is 1. The molecule has 106 valence electrons. The first kappa shape index (κ1) is 14.6. The highest BCUT2D eigenvalue weighted by atomic mass is 35.5. The van der Waals surface area contributed by atoms with Crippen molar-refractivity contribution in [1.29, 1.82) is 0 Å². The van der Waals surface area contributed by atoms with Crippen LogP contribution in [0, 0.1) is 0 Å². The molecule has 0 aliphatic rings. The van der Waals surface area contributed by atoms with Crippen molar-refractivity contribution >= 4 is 34.1 Å². The number of halogens is 1. The molecule has 0 spiro atoms. The summed E-state index contributed by atoms with van der Waals surface area (Å²) in [6.07, 6.45) is 0. The lowest BCUT2D eigenvalue weighted by molar-refractivity contribution is -0.119. The summed E-state index contributed by atoms with van der Waals surface area (Å²) < 4.78 is 0. The Morgan fingerprint density at radius 3 is 2.80 bits per heavy atom. The van der Waals surface area contributed by atoms with Gasteiger partial charge < -0.3 is 10.2 Å². The number of likely N-dealkylation sites (N-methyl/N-ethyl adjacent to an activating group) is 2. The van der Waals surface area contributed by atoms with E-state index in [0.29, 0.717) is 18.2 Å².